The van der Waals surface area contributed by atoms with Crippen molar-refractivity contribution in [3.05, 3.63) is 47.2 Å². The third kappa shape index (κ3) is 4.83. The third-order valence-corrected chi connectivity index (χ3v) is 3.96. The summed E-state index contributed by atoms with van der Waals surface area (Å²) in [6, 6.07) is 10.0. The van der Waals surface area contributed by atoms with Crippen LogP contribution in [0.5, 0.6) is 0 Å². The standard InChI is InChI=1S/C18H23N3O2/c1-3-15-4-6-16(7-5-15)14(2)20-18(22)17(12-19)13-21-8-10-23-11-9-21/h4-7,13-14H,3,8-11H2,1-2H3,(H,20,22)/b17-13-. The van der Waals surface area contributed by atoms with Gasteiger partial charge < -0.3 is 15.0 Å². The smallest absolute Gasteiger partial charge is 0.263 e. The number of aryl methyl sites for hydroxylation is 1. The summed E-state index contributed by atoms with van der Waals surface area (Å²) in [5.74, 6) is -0.342. The van der Waals surface area contributed by atoms with Crippen LogP contribution >= 0.6 is 0 Å². The molecule has 0 bridgehead atoms. The van der Waals surface area contributed by atoms with Crippen molar-refractivity contribution >= 4 is 5.91 Å². The van der Waals surface area contributed by atoms with Gasteiger partial charge in [-0.2, -0.15) is 5.26 Å². The molecule has 1 fully saturated rings. The molecule has 122 valence electrons. The van der Waals surface area contributed by atoms with Gasteiger partial charge in [-0.3, -0.25) is 4.79 Å². The number of amides is 1. The van der Waals surface area contributed by atoms with Gasteiger partial charge in [0.1, 0.15) is 11.6 Å². The molecule has 5 heteroatoms. The Morgan fingerprint density at radius 1 is 1.39 bits per heavy atom. The van der Waals surface area contributed by atoms with Gasteiger partial charge in [-0.05, 0) is 24.5 Å². The van der Waals surface area contributed by atoms with E-state index in [2.05, 4.69) is 24.4 Å². The summed E-state index contributed by atoms with van der Waals surface area (Å²) in [4.78, 5) is 14.2. The zero-order chi connectivity index (χ0) is 16.7. The fourth-order valence-corrected chi connectivity index (χ4v) is 2.43. The fourth-order valence-electron chi connectivity index (χ4n) is 2.43. The van der Waals surface area contributed by atoms with Crippen LogP contribution in [-0.4, -0.2) is 37.1 Å². The minimum absolute atomic E-state index is 0.129. The lowest BCUT2D eigenvalue weighted by Crippen LogP contribution is -2.34. The number of morpholine rings is 1. The van der Waals surface area contributed by atoms with Gasteiger partial charge in [0.15, 0.2) is 0 Å². The van der Waals surface area contributed by atoms with E-state index in [1.165, 1.54) is 5.56 Å². The molecule has 1 unspecified atom stereocenters. The molecule has 1 amide bonds. The van der Waals surface area contributed by atoms with E-state index in [0.29, 0.717) is 26.3 Å². The number of benzene rings is 1. The SMILES string of the molecule is CCc1ccc(C(C)NC(=O)/C(C#N)=C\N2CCOCC2)cc1. The van der Waals surface area contributed by atoms with Gasteiger partial charge in [0.05, 0.1) is 19.3 Å². The molecule has 0 radical (unpaired) electrons. The van der Waals surface area contributed by atoms with Crippen LogP contribution in [0.3, 0.4) is 0 Å². The van der Waals surface area contributed by atoms with Crippen LogP contribution in [-0.2, 0) is 16.0 Å². The van der Waals surface area contributed by atoms with Crippen molar-refractivity contribution in [2.45, 2.75) is 26.3 Å². The van der Waals surface area contributed by atoms with Gasteiger partial charge in [0.25, 0.3) is 5.91 Å². The van der Waals surface area contributed by atoms with Crippen molar-refractivity contribution in [3.8, 4) is 6.07 Å². The predicted octanol–water partition coefficient (Wildman–Crippen LogP) is 2.17. The second-order valence-corrected chi connectivity index (χ2v) is 5.59. The summed E-state index contributed by atoms with van der Waals surface area (Å²) < 4.78 is 5.26. The lowest BCUT2D eigenvalue weighted by atomic mass is 10.0. The van der Waals surface area contributed by atoms with Gasteiger partial charge in [0, 0.05) is 19.3 Å². The van der Waals surface area contributed by atoms with Gasteiger partial charge in [-0.15, -0.1) is 0 Å². The summed E-state index contributed by atoms with van der Waals surface area (Å²) in [6.07, 6.45) is 2.62. The largest absolute Gasteiger partial charge is 0.378 e. The minimum Gasteiger partial charge on any atom is -0.378 e. The van der Waals surface area contributed by atoms with Crippen molar-refractivity contribution in [2.75, 3.05) is 26.3 Å². The molecule has 1 aromatic carbocycles. The van der Waals surface area contributed by atoms with Gasteiger partial charge in [-0.1, -0.05) is 31.2 Å². The van der Waals surface area contributed by atoms with Crippen LogP contribution in [0.25, 0.3) is 0 Å². The highest BCUT2D eigenvalue weighted by molar-refractivity contribution is 5.97. The van der Waals surface area contributed by atoms with Gasteiger partial charge >= 0.3 is 0 Å². The number of hydrogen-bond acceptors (Lipinski definition) is 4. The maximum Gasteiger partial charge on any atom is 0.263 e. The molecule has 1 aliphatic rings. The third-order valence-electron chi connectivity index (χ3n) is 3.96. The highest BCUT2D eigenvalue weighted by Gasteiger charge is 2.16. The number of carbonyl (C=O) groups is 1. The average Bonchev–Trinajstić information content (AvgIpc) is 2.60. The number of nitrogens with zero attached hydrogens (tertiary/aromatic N) is 2. The first kappa shape index (κ1) is 17.0. The Labute approximate surface area is 137 Å². The minimum atomic E-state index is -0.342. The Morgan fingerprint density at radius 2 is 2.04 bits per heavy atom. The first-order valence-corrected chi connectivity index (χ1v) is 7.97. The number of nitriles is 1. The number of rotatable bonds is 5. The van der Waals surface area contributed by atoms with Crippen molar-refractivity contribution in [1.82, 2.24) is 10.2 Å². The maximum absolute atomic E-state index is 12.3. The van der Waals surface area contributed by atoms with Crippen LogP contribution in [0.2, 0.25) is 0 Å². The Bertz CT molecular complexity index is 596. The molecule has 1 N–H and O–H groups in total. The van der Waals surface area contributed by atoms with Crippen molar-refractivity contribution in [1.29, 1.82) is 5.26 Å². The van der Waals surface area contributed by atoms with E-state index in [1.807, 2.05) is 30.0 Å². The monoisotopic (exact) mass is 313 g/mol. The predicted molar refractivity (Wildman–Crippen MR) is 88.5 cm³/mol. The Balaban J connectivity index is 2.00. The summed E-state index contributed by atoms with van der Waals surface area (Å²) >= 11 is 0. The quantitative estimate of drug-likeness (QED) is 0.668. The lowest BCUT2D eigenvalue weighted by molar-refractivity contribution is -0.117. The van der Waals surface area contributed by atoms with E-state index < -0.39 is 0 Å². The summed E-state index contributed by atoms with van der Waals surface area (Å²) in [6.45, 7) is 6.67. The Kier molecular flexibility index (Phi) is 6.19. The Hall–Kier alpha value is -2.32. The lowest BCUT2D eigenvalue weighted by Gasteiger charge is -2.25. The van der Waals surface area contributed by atoms with E-state index in [0.717, 1.165) is 12.0 Å². The molecule has 1 aromatic rings. The van der Waals surface area contributed by atoms with E-state index in [4.69, 9.17) is 4.74 Å². The number of carbonyl (C=O) groups excluding carboxylic acids is 1. The molecule has 2 rings (SSSR count). The van der Waals surface area contributed by atoms with E-state index >= 15 is 0 Å². The van der Waals surface area contributed by atoms with Gasteiger partial charge in [0.2, 0.25) is 0 Å². The second kappa shape index (κ2) is 8.35. The molecule has 0 aromatic heterocycles. The number of nitrogens with one attached hydrogen (secondary N) is 1. The summed E-state index contributed by atoms with van der Waals surface area (Å²) in [5, 5.41) is 12.1. The zero-order valence-electron chi connectivity index (χ0n) is 13.7. The zero-order valence-corrected chi connectivity index (χ0v) is 13.7. The molecule has 1 heterocycles. The topological polar surface area (TPSA) is 65.4 Å². The van der Waals surface area contributed by atoms with Crippen LogP contribution in [0.15, 0.2) is 36.0 Å². The molecule has 0 saturated carbocycles. The molecule has 0 aliphatic carbocycles. The first-order chi connectivity index (χ1) is 11.1. The maximum atomic E-state index is 12.3. The average molecular weight is 313 g/mol. The summed E-state index contributed by atoms with van der Waals surface area (Å²) in [5.41, 5.74) is 2.42. The van der Waals surface area contributed by atoms with Crippen molar-refractivity contribution in [2.24, 2.45) is 0 Å². The second-order valence-electron chi connectivity index (χ2n) is 5.59. The van der Waals surface area contributed by atoms with Crippen LogP contribution in [0, 0.1) is 11.3 Å². The van der Waals surface area contributed by atoms with Crippen molar-refractivity contribution < 1.29 is 9.53 Å². The van der Waals surface area contributed by atoms with Crippen LogP contribution in [0.1, 0.15) is 31.0 Å². The highest BCUT2D eigenvalue weighted by Crippen LogP contribution is 2.14. The fraction of sp³-hybridized carbons (Fsp3) is 0.444. The molecule has 1 saturated heterocycles. The molecular weight excluding hydrogens is 290 g/mol. The van der Waals surface area contributed by atoms with Gasteiger partial charge in [-0.25, -0.2) is 0 Å². The van der Waals surface area contributed by atoms with Crippen LogP contribution in [0.4, 0.5) is 0 Å². The van der Waals surface area contributed by atoms with E-state index in [1.54, 1.807) is 6.20 Å². The Morgan fingerprint density at radius 3 is 2.61 bits per heavy atom. The number of hydrogen-bond donors (Lipinski definition) is 1. The normalized spacial score (nSPS) is 16.6. The van der Waals surface area contributed by atoms with E-state index in [9.17, 15) is 10.1 Å². The molecule has 1 aliphatic heterocycles. The molecule has 5 nitrogen and oxygen atoms in total. The molecule has 0 spiro atoms. The van der Waals surface area contributed by atoms with Crippen LogP contribution < -0.4 is 5.32 Å². The first-order valence-electron chi connectivity index (χ1n) is 7.97. The molecule has 23 heavy (non-hydrogen) atoms. The molecule has 1 atom stereocenters. The number of ether oxygens (including phenoxy) is 1. The van der Waals surface area contributed by atoms with Crippen molar-refractivity contribution in [3.63, 3.8) is 0 Å². The highest BCUT2D eigenvalue weighted by atomic mass is 16.5. The molecular formula is C18H23N3O2. The summed E-state index contributed by atoms with van der Waals surface area (Å²) in [7, 11) is 0. The van der Waals surface area contributed by atoms with E-state index in [-0.39, 0.29) is 17.5 Å².